The highest BCUT2D eigenvalue weighted by Crippen LogP contribution is 2.33. The average molecular weight is 285 g/mol. The fourth-order valence-electron chi connectivity index (χ4n) is 2.13. The number of nitrogens with one attached hydrogen (secondary N) is 1. The number of para-hydroxylation sites is 2. The van der Waals surface area contributed by atoms with Gasteiger partial charge in [-0.25, -0.2) is 0 Å². The molecule has 0 radical (unpaired) electrons. The number of hydrogen-bond acceptors (Lipinski definition) is 6. The van der Waals surface area contributed by atoms with Crippen molar-refractivity contribution < 1.29 is 9.26 Å². The summed E-state index contributed by atoms with van der Waals surface area (Å²) < 4.78 is 11.2. The summed E-state index contributed by atoms with van der Waals surface area (Å²) in [5, 5.41) is 11.3. The predicted molar refractivity (Wildman–Crippen MR) is 75.9 cm³/mol. The lowest BCUT2D eigenvalue weighted by Gasteiger charge is -2.24. The van der Waals surface area contributed by atoms with Gasteiger partial charge in [-0.2, -0.15) is 16.3 Å². The molecule has 0 amide bonds. The van der Waals surface area contributed by atoms with E-state index in [1.165, 1.54) is 0 Å². The molecule has 3 aromatic rings. The van der Waals surface area contributed by atoms with Crippen molar-refractivity contribution >= 4 is 17.0 Å². The minimum absolute atomic E-state index is 0.259. The van der Waals surface area contributed by atoms with Gasteiger partial charge in [0.25, 0.3) is 5.89 Å². The van der Waals surface area contributed by atoms with Crippen molar-refractivity contribution in [1.29, 1.82) is 0 Å². The van der Waals surface area contributed by atoms with Gasteiger partial charge in [0.1, 0.15) is 5.75 Å². The number of rotatable bonds is 2. The van der Waals surface area contributed by atoms with Gasteiger partial charge in [0, 0.05) is 10.9 Å². The van der Waals surface area contributed by atoms with Crippen LogP contribution in [0.15, 0.2) is 45.6 Å². The number of thiophene rings is 1. The van der Waals surface area contributed by atoms with Gasteiger partial charge in [0.05, 0.1) is 12.2 Å². The van der Waals surface area contributed by atoms with Crippen molar-refractivity contribution in [3.63, 3.8) is 0 Å². The first-order chi connectivity index (χ1) is 9.90. The molecule has 3 heterocycles. The first-order valence-corrected chi connectivity index (χ1v) is 7.20. The van der Waals surface area contributed by atoms with Crippen LogP contribution < -0.4 is 10.1 Å². The lowest BCUT2D eigenvalue weighted by Crippen LogP contribution is -2.23. The maximum Gasteiger partial charge on any atom is 0.269 e. The van der Waals surface area contributed by atoms with Crippen LogP contribution in [-0.2, 0) is 0 Å². The molecular formula is C14H11N3O2S. The summed E-state index contributed by atoms with van der Waals surface area (Å²) >= 11 is 1.60. The van der Waals surface area contributed by atoms with Gasteiger partial charge in [-0.3, -0.25) is 0 Å². The number of aromatic nitrogens is 2. The van der Waals surface area contributed by atoms with Crippen LogP contribution in [0.25, 0.3) is 11.4 Å². The van der Waals surface area contributed by atoms with Crippen LogP contribution in [0.4, 0.5) is 5.69 Å². The highest BCUT2D eigenvalue weighted by Gasteiger charge is 2.26. The highest BCUT2D eigenvalue weighted by atomic mass is 32.1. The van der Waals surface area contributed by atoms with Gasteiger partial charge in [0.15, 0.2) is 6.10 Å². The fourth-order valence-corrected chi connectivity index (χ4v) is 2.76. The van der Waals surface area contributed by atoms with Gasteiger partial charge < -0.3 is 14.6 Å². The summed E-state index contributed by atoms with van der Waals surface area (Å²) in [6.45, 7) is 0.613. The highest BCUT2D eigenvalue weighted by molar-refractivity contribution is 7.08. The molecule has 0 saturated carbocycles. The van der Waals surface area contributed by atoms with Crippen LogP contribution in [0.1, 0.15) is 12.0 Å². The maximum absolute atomic E-state index is 5.89. The molecule has 6 heteroatoms. The van der Waals surface area contributed by atoms with Crippen LogP contribution in [0.5, 0.6) is 5.75 Å². The second-order valence-electron chi connectivity index (χ2n) is 4.45. The zero-order valence-corrected chi connectivity index (χ0v) is 11.3. The number of anilines is 1. The van der Waals surface area contributed by atoms with E-state index in [0.29, 0.717) is 18.3 Å². The van der Waals surface area contributed by atoms with E-state index in [2.05, 4.69) is 15.5 Å². The molecule has 1 aromatic carbocycles. The van der Waals surface area contributed by atoms with Crippen LogP contribution >= 0.6 is 11.3 Å². The summed E-state index contributed by atoms with van der Waals surface area (Å²) in [6.07, 6.45) is -0.259. The van der Waals surface area contributed by atoms with Gasteiger partial charge >= 0.3 is 0 Å². The molecule has 0 saturated heterocycles. The molecule has 5 nitrogen and oxygen atoms in total. The molecule has 100 valence electrons. The SMILES string of the molecule is c1ccc2c(c1)NCC(c1nc(-c3ccsc3)no1)O2. The van der Waals surface area contributed by atoms with Gasteiger partial charge in [-0.1, -0.05) is 17.3 Å². The second kappa shape index (κ2) is 4.64. The van der Waals surface area contributed by atoms with Crippen LogP contribution in [0, 0.1) is 0 Å². The number of fused-ring (bicyclic) bond motifs is 1. The zero-order chi connectivity index (χ0) is 13.4. The Kier molecular flexibility index (Phi) is 2.67. The van der Waals surface area contributed by atoms with Crippen molar-refractivity contribution in [2.45, 2.75) is 6.10 Å². The van der Waals surface area contributed by atoms with Crippen molar-refractivity contribution in [3.8, 4) is 17.1 Å². The molecule has 1 aliphatic rings. The Labute approximate surface area is 119 Å². The summed E-state index contributed by atoms with van der Waals surface area (Å²) in [7, 11) is 0. The average Bonchev–Trinajstić information content (AvgIpc) is 3.17. The van der Waals surface area contributed by atoms with Crippen molar-refractivity contribution in [2.75, 3.05) is 11.9 Å². The first kappa shape index (κ1) is 11.5. The van der Waals surface area contributed by atoms with E-state index < -0.39 is 0 Å². The fraction of sp³-hybridized carbons (Fsp3) is 0.143. The Morgan fingerprint density at radius 1 is 1.25 bits per heavy atom. The molecule has 1 N–H and O–H groups in total. The Morgan fingerprint density at radius 2 is 2.20 bits per heavy atom. The maximum atomic E-state index is 5.89. The molecule has 1 unspecified atom stereocenters. The van der Waals surface area contributed by atoms with Crippen molar-refractivity contribution in [2.24, 2.45) is 0 Å². The van der Waals surface area contributed by atoms with E-state index in [1.54, 1.807) is 11.3 Å². The quantitative estimate of drug-likeness (QED) is 0.782. The topological polar surface area (TPSA) is 60.2 Å². The Hall–Kier alpha value is -2.34. The van der Waals surface area contributed by atoms with Crippen LogP contribution in [0.2, 0.25) is 0 Å². The number of hydrogen-bond donors (Lipinski definition) is 1. The number of ether oxygens (including phenoxy) is 1. The largest absolute Gasteiger partial charge is 0.477 e. The van der Waals surface area contributed by atoms with Crippen LogP contribution in [0.3, 0.4) is 0 Å². The molecule has 0 fully saturated rings. The minimum Gasteiger partial charge on any atom is -0.477 e. The van der Waals surface area contributed by atoms with Crippen LogP contribution in [-0.4, -0.2) is 16.7 Å². The predicted octanol–water partition coefficient (Wildman–Crippen LogP) is 3.34. The van der Waals surface area contributed by atoms with Gasteiger partial charge in [-0.15, -0.1) is 0 Å². The lowest BCUT2D eigenvalue weighted by atomic mass is 10.2. The summed E-state index contributed by atoms with van der Waals surface area (Å²) in [5.74, 6) is 1.90. The summed E-state index contributed by atoms with van der Waals surface area (Å²) in [4.78, 5) is 4.41. The van der Waals surface area contributed by atoms with Gasteiger partial charge in [0.2, 0.25) is 5.82 Å². The Bertz CT molecular complexity index is 724. The van der Waals surface area contributed by atoms with Crippen molar-refractivity contribution in [3.05, 3.63) is 47.0 Å². The van der Waals surface area contributed by atoms with Crippen molar-refractivity contribution in [1.82, 2.24) is 10.1 Å². The molecule has 20 heavy (non-hydrogen) atoms. The standard InChI is InChI=1S/C14H11N3O2S/c1-2-4-11-10(3-1)15-7-12(18-11)14-16-13(17-19-14)9-5-6-20-8-9/h1-6,8,12,15H,7H2. The van der Waals surface area contributed by atoms with E-state index in [9.17, 15) is 0 Å². The molecule has 0 spiro atoms. The summed E-state index contributed by atoms with van der Waals surface area (Å²) in [5.41, 5.74) is 1.95. The summed E-state index contributed by atoms with van der Waals surface area (Å²) in [6, 6.07) is 9.78. The third kappa shape index (κ3) is 1.94. The molecular weight excluding hydrogens is 274 g/mol. The molecule has 2 aromatic heterocycles. The van der Waals surface area contributed by atoms with E-state index in [4.69, 9.17) is 9.26 Å². The molecule has 4 rings (SSSR count). The van der Waals surface area contributed by atoms with E-state index >= 15 is 0 Å². The van der Waals surface area contributed by atoms with E-state index in [1.807, 2.05) is 41.1 Å². The van der Waals surface area contributed by atoms with Gasteiger partial charge in [-0.05, 0) is 23.6 Å². The smallest absolute Gasteiger partial charge is 0.269 e. The second-order valence-corrected chi connectivity index (χ2v) is 5.23. The zero-order valence-electron chi connectivity index (χ0n) is 10.4. The normalized spacial score (nSPS) is 17.1. The third-order valence-corrected chi connectivity index (χ3v) is 3.81. The molecule has 0 aliphatic carbocycles. The number of benzene rings is 1. The molecule has 1 atom stereocenters. The Morgan fingerprint density at radius 3 is 3.10 bits per heavy atom. The molecule has 0 bridgehead atoms. The first-order valence-electron chi connectivity index (χ1n) is 6.26. The van der Waals surface area contributed by atoms with E-state index in [0.717, 1.165) is 17.0 Å². The lowest BCUT2D eigenvalue weighted by molar-refractivity contribution is 0.163. The van der Waals surface area contributed by atoms with E-state index in [-0.39, 0.29) is 6.10 Å². The third-order valence-electron chi connectivity index (χ3n) is 3.13. The molecule has 1 aliphatic heterocycles. The Balaban J connectivity index is 1.60. The minimum atomic E-state index is -0.259. The monoisotopic (exact) mass is 285 g/mol. The number of nitrogens with zero attached hydrogens (tertiary/aromatic N) is 2.